The maximum atomic E-state index is 11.7. The van der Waals surface area contributed by atoms with Gasteiger partial charge in [-0.15, -0.1) is 0 Å². The van der Waals surface area contributed by atoms with Gasteiger partial charge in [0, 0.05) is 19.7 Å². The second-order valence-electron chi connectivity index (χ2n) is 4.45. The molecule has 1 unspecified atom stereocenters. The fourth-order valence-corrected chi connectivity index (χ4v) is 1.69. The molecule has 2 atom stereocenters. The van der Waals surface area contributed by atoms with Crippen LogP contribution in [0.4, 0.5) is 0 Å². The molecule has 4 nitrogen and oxygen atoms in total. The number of carbonyl (C=O) groups excluding carboxylic acids is 1. The van der Waals surface area contributed by atoms with Crippen LogP contribution in [0.5, 0.6) is 5.75 Å². The van der Waals surface area contributed by atoms with E-state index in [1.165, 1.54) is 4.90 Å². The quantitative estimate of drug-likeness (QED) is 0.870. The van der Waals surface area contributed by atoms with E-state index < -0.39 is 12.2 Å². The standard InChI is InChI=1S/C14H21NO3/c1-5-12(16)11-8-6-7-9-13(11)18-10(2)14(17)15(3)4/h6-10,12,16H,5H2,1-4H3/t10?,12-/m1/s1. The van der Waals surface area contributed by atoms with E-state index in [0.29, 0.717) is 12.2 Å². The normalized spacial score (nSPS) is 13.8. The number of aliphatic hydroxyl groups excluding tert-OH is 1. The van der Waals surface area contributed by atoms with Crippen LogP contribution in [0.15, 0.2) is 24.3 Å². The zero-order valence-corrected chi connectivity index (χ0v) is 11.4. The molecule has 0 aliphatic heterocycles. The number of carbonyl (C=O) groups is 1. The third kappa shape index (κ3) is 3.47. The van der Waals surface area contributed by atoms with Gasteiger partial charge in [-0.05, 0) is 19.4 Å². The highest BCUT2D eigenvalue weighted by molar-refractivity contribution is 5.80. The van der Waals surface area contributed by atoms with Crippen molar-refractivity contribution in [3.05, 3.63) is 29.8 Å². The van der Waals surface area contributed by atoms with Crippen molar-refractivity contribution in [2.45, 2.75) is 32.5 Å². The average Bonchev–Trinajstić information content (AvgIpc) is 2.37. The van der Waals surface area contributed by atoms with Crippen LogP contribution in [0.2, 0.25) is 0 Å². The van der Waals surface area contributed by atoms with Crippen LogP contribution in [0, 0.1) is 0 Å². The summed E-state index contributed by atoms with van der Waals surface area (Å²) in [6.07, 6.45) is -0.524. The van der Waals surface area contributed by atoms with E-state index in [1.54, 1.807) is 27.1 Å². The summed E-state index contributed by atoms with van der Waals surface area (Å²) < 4.78 is 5.64. The molecular weight excluding hydrogens is 230 g/mol. The van der Waals surface area contributed by atoms with E-state index in [0.717, 1.165) is 5.56 Å². The first-order valence-electron chi connectivity index (χ1n) is 6.12. The molecule has 1 N–H and O–H groups in total. The van der Waals surface area contributed by atoms with Crippen molar-refractivity contribution < 1.29 is 14.6 Å². The number of ether oxygens (including phenoxy) is 1. The Labute approximate surface area is 108 Å². The van der Waals surface area contributed by atoms with Crippen molar-refractivity contribution in [1.82, 2.24) is 4.90 Å². The summed E-state index contributed by atoms with van der Waals surface area (Å²) in [5, 5.41) is 9.90. The molecule has 0 spiro atoms. The van der Waals surface area contributed by atoms with E-state index in [2.05, 4.69) is 0 Å². The van der Waals surface area contributed by atoms with Crippen molar-refractivity contribution in [1.29, 1.82) is 0 Å². The molecule has 100 valence electrons. The lowest BCUT2D eigenvalue weighted by Crippen LogP contribution is -2.35. The van der Waals surface area contributed by atoms with E-state index in [9.17, 15) is 9.90 Å². The summed E-state index contributed by atoms with van der Waals surface area (Å²) in [7, 11) is 3.38. The number of aliphatic hydroxyl groups is 1. The number of para-hydroxylation sites is 1. The molecule has 0 fully saturated rings. The highest BCUT2D eigenvalue weighted by Gasteiger charge is 2.19. The van der Waals surface area contributed by atoms with Gasteiger partial charge in [0.05, 0.1) is 6.10 Å². The Hall–Kier alpha value is -1.55. The molecule has 0 saturated heterocycles. The lowest BCUT2D eigenvalue weighted by Gasteiger charge is -2.21. The van der Waals surface area contributed by atoms with Crippen molar-refractivity contribution in [3.63, 3.8) is 0 Å². The Morgan fingerprint density at radius 1 is 1.39 bits per heavy atom. The van der Waals surface area contributed by atoms with Crippen LogP contribution >= 0.6 is 0 Å². The second kappa shape index (κ2) is 6.40. The summed E-state index contributed by atoms with van der Waals surface area (Å²) >= 11 is 0. The van der Waals surface area contributed by atoms with E-state index in [-0.39, 0.29) is 5.91 Å². The van der Waals surface area contributed by atoms with Crippen LogP contribution in [0.3, 0.4) is 0 Å². The molecule has 0 bridgehead atoms. The van der Waals surface area contributed by atoms with Crippen LogP contribution in [0.25, 0.3) is 0 Å². The van der Waals surface area contributed by atoms with Gasteiger partial charge in [-0.25, -0.2) is 0 Å². The molecule has 0 saturated carbocycles. The fraction of sp³-hybridized carbons (Fsp3) is 0.500. The van der Waals surface area contributed by atoms with Gasteiger partial charge in [0.15, 0.2) is 6.10 Å². The lowest BCUT2D eigenvalue weighted by atomic mass is 10.1. The van der Waals surface area contributed by atoms with Crippen LogP contribution in [-0.2, 0) is 4.79 Å². The Morgan fingerprint density at radius 3 is 2.56 bits per heavy atom. The summed E-state index contributed by atoms with van der Waals surface area (Å²) in [6, 6.07) is 7.26. The molecule has 1 amide bonds. The fourth-order valence-electron chi connectivity index (χ4n) is 1.69. The topological polar surface area (TPSA) is 49.8 Å². The molecule has 18 heavy (non-hydrogen) atoms. The van der Waals surface area contributed by atoms with Gasteiger partial charge in [0.25, 0.3) is 5.91 Å². The summed E-state index contributed by atoms with van der Waals surface area (Å²) in [4.78, 5) is 13.2. The van der Waals surface area contributed by atoms with Crippen LogP contribution in [0.1, 0.15) is 31.9 Å². The van der Waals surface area contributed by atoms with Gasteiger partial charge in [-0.1, -0.05) is 25.1 Å². The van der Waals surface area contributed by atoms with Crippen LogP contribution in [-0.4, -0.2) is 36.1 Å². The average molecular weight is 251 g/mol. The van der Waals surface area contributed by atoms with Crippen LogP contribution < -0.4 is 4.74 Å². The number of likely N-dealkylation sites (N-methyl/N-ethyl adjacent to an activating group) is 1. The predicted molar refractivity (Wildman–Crippen MR) is 70.5 cm³/mol. The smallest absolute Gasteiger partial charge is 0.262 e. The zero-order valence-electron chi connectivity index (χ0n) is 11.4. The van der Waals surface area contributed by atoms with Gasteiger partial charge in [-0.2, -0.15) is 0 Å². The summed E-state index contributed by atoms with van der Waals surface area (Å²) in [5.74, 6) is 0.463. The van der Waals surface area contributed by atoms with E-state index in [4.69, 9.17) is 4.74 Å². The minimum absolute atomic E-state index is 0.101. The highest BCUT2D eigenvalue weighted by Crippen LogP contribution is 2.27. The SMILES string of the molecule is CC[C@@H](O)c1ccccc1OC(C)C(=O)N(C)C. The zero-order chi connectivity index (χ0) is 13.7. The number of amides is 1. The van der Waals surface area contributed by atoms with Gasteiger partial charge >= 0.3 is 0 Å². The summed E-state index contributed by atoms with van der Waals surface area (Å²) in [6.45, 7) is 3.60. The van der Waals surface area contributed by atoms with E-state index in [1.807, 2.05) is 25.1 Å². The molecule has 0 aromatic heterocycles. The summed E-state index contributed by atoms with van der Waals surface area (Å²) in [5.41, 5.74) is 0.721. The molecule has 0 radical (unpaired) electrons. The number of nitrogens with zero attached hydrogens (tertiary/aromatic N) is 1. The second-order valence-corrected chi connectivity index (χ2v) is 4.45. The van der Waals surface area contributed by atoms with E-state index >= 15 is 0 Å². The molecular formula is C14H21NO3. The first-order chi connectivity index (χ1) is 8.47. The molecule has 1 aromatic rings. The third-order valence-corrected chi connectivity index (χ3v) is 2.76. The van der Waals surface area contributed by atoms with Gasteiger partial charge in [-0.3, -0.25) is 4.79 Å². The molecule has 0 heterocycles. The van der Waals surface area contributed by atoms with Crippen molar-refractivity contribution in [2.24, 2.45) is 0 Å². The number of benzene rings is 1. The first kappa shape index (κ1) is 14.5. The minimum atomic E-state index is -0.567. The van der Waals surface area contributed by atoms with Gasteiger partial charge < -0.3 is 14.7 Å². The molecule has 0 aliphatic rings. The maximum absolute atomic E-state index is 11.7. The number of hydrogen-bond donors (Lipinski definition) is 1. The van der Waals surface area contributed by atoms with Crippen molar-refractivity contribution in [3.8, 4) is 5.75 Å². The first-order valence-corrected chi connectivity index (χ1v) is 6.12. The third-order valence-electron chi connectivity index (χ3n) is 2.76. The Bertz CT molecular complexity index is 404. The monoisotopic (exact) mass is 251 g/mol. The van der Waals surface area contributed by atoms with Crippen molar-refractivity contribution in [2.75, 3.05) is 14.1 Å². The number of rotatable bonds is 5. The molecule has 4 heteroatoms. The maximum Gasteiger partial charge on any atom is 0.262 e. The molecule has 1 aromatic carbocycles. The highest BCUT2D eigenvalue weighted by atomic mass is 16.5. The minimum Gasteiger partial charge on any atom is -0.481 e. The van der Waals surface area contributed by atoms with Gasteiger partial charge in [0.1, 0.15) is 5.75 Å². The largest absolute Gasteiger partial charge is 0.481 e. The lowest BCUT2D eigenvalue weighted by molar-refractivity contribution is -0.135. The Kier molecular flexibility index (Phi) is 5.16. The predicted octanol–water partition coefficient (Wildman–Crippen LogP) is 1.99. The molecule has 0 aliphatic carbocycles. The van der Waals surface area contributed by atoms with Gasteiger partial charge in [0.2, 0.25) is 0 Å². The van der Waals surface area contributed by atoms with Crippen molar-refractivity contribution >= 4 is 5.91 Å². The molecule has 1 rings (SSSR count). The number of hydrogen-bond acceptors (Lipinski definition) is 3. The Balaban J connectivity index is 2.87. The Morgan fingerprint density at radius 2 is 2.00 bits per heavy atom.